The second kappa shape index (κ2) is 7.30. The van der Waals surface area contributed by atoms with Crippen molar-refractivity contribution in [3.8, 4) is 0 Å². The Bertz CT molecular complexity index is 258. The fourth-order valence-corrected chi connectivity index (χ4v) is 2.14. The highest BCUT2D eigenvalue weighted by molar-refractivity contribution is 5.75. The third kappa shape index (κ3) is 5.20. The predicted molar refractivity (Wildman–Crippen MR) is 67.5 cm³/mol. The molecule has 1 aliphatic rings. The van der Waals surface area contributed by atoms with E-state index in [0.29, 0.717) is 12.3 Å². The molecule has 0 unspecified atom stereocenters. The third-order valence-corrected chi connectivity index (χ3v) is 3.41. The van der Waals surface area contributed by atoms with Gasteiger partial charge in [0.15, 0.2) is 0 Å². The summed E-state index contributed by atoms with van der Waals surface area (Å²) in [5.41, 5.74) is 0. The molecule has 0 radical (unpaired) electrons. The van der Waals surface area contributed by atoms with Gasteiger partial charge in [-0.1, -0.05) is 13.3 Å². The van der Waals surface area contributed by atoms with E-state index in [0.717, 1.165) is 45.3 Å². The van der Waals surface area contributed by atoms with Gasteiger partial charge < -0.3 is 10.2 Å². The van der Waals surface area contributed by atoms with Gasteiger partial charge >= 0.3 is 0 Å². The van der Waals surface area contributed by atoms with E-state index in [1.807, 2.05) is 4.90 Å². The number of likely N-dealkylation sites (tertiary alicyclic amines) is 1. The van der Waals surface area contributed by atoms with Gasteiger partial charge in [0.25, 0.3) is 0 Å². The van der Waals surface area contributed by atoms with Crippen LogP contribution in [0.2, 0.25) is 0 Å². The fraction of sp³-hybridized carbons (Fsp3) is 0.846. The van der Waals surface area contributed by atoms with Crippen molar-refractivity contribution in [2.45, 2.75) is 46.0 Å². The van der Waals surface area contributed by atoms with Gasteiger partial charge in [0.05, 0.1) is 0 Å². The lowest BCUT2D eigenvalue weighted by Gasteiger charge is -2.31. The van der Waals surface area contributed by atoms with E-state index in [1.54, 1.807) is 6.92 Å². The molecule has 1 N–H and O–H groups in total. The summed E-state index contributed by atoms with van der Waals surface area (Å²) in [5.74, 6) is 0.868. The van der Waals surface area contributed by atoms with Gasteiger partial charge in [-0.05, 0) is 25.2 Å². The summed E-state index contributed by atoms with van der Waals surface area (Å²) in [7, 11) is 0. The monoisotopic (exact) mass is 240 g/mol. The highest BCUT2D eigenvalue weighted by Gasteiger charge is 2.20. The average molecular weight is 240 g/mol. The van der Waals surface area contributed by atoms with Gasteiger partial charge in [-0.2, -0.15) is 0 Å². The first-order valence-corrected chi connectivity index (χ1v) is 6.65. The van der Waals surface area contributed by atoms with Gasteiger partial charge in [0, 0.05) is 33.0 Å². The van der Waals surface area contributed by atoms with Crippen LogP contribution in [0.5, 0.6) is 0 Å². The maximum absolute atomic E-state index is 11.4. The molecular formula is C13H24N2O2. The number of piperidine rings is 1. The van der Waals surface area contributed by atoms with E-state index >= 15 is 0 Å². The summed E-state index contributed by atoms with van der Waals surface area (Å²) in [5, 5.41) is 2.99. The molecule has 2 amide bonds. The fourth-order valence-electron chi connectivity index (χ4n) is 2.14. The second-order valence-electron chi connectivity index (χ2n) is 4.86. The Kier molecular flexibility index (Phi) is 6.01. The normalized spacial score (nSPS) is 16.9. The standard InChI is InChI=1S/C13H24N2O2/c1-3-4-5-13(17)14-10-12-6-8-15(9-7-12)11(2)16/h12H,3-10H2,1-2H3,(H,14,17). The highest BCUT2D eigenvalue weighted by Crippen LogP contribution is 2.16. The number of nitrogens with one attached hydrogen (secondary N) is 1. The molecule has 1 heterocycles. The smallest absolute Gasteiger partial charge is 0.220 e. The molecule has 4 heteroatoms. The second-order valence-corrected chi connectivity index (χ2v) is 4.86. The molecule has 17 heavy (non-hydrogen) atoms. The Hall–Kier alpha value is -1.06. The van der Waals surface area contributed by atoms with E-state index in [2.05, 4.69) is 12.2 Å². The van der Waals surface area contributed by atoms with Crippen molar-refractivity contribution in [1.82, 2.24) is 10.2 Å². The van der Waals surface area contributed by atoms with Crippen LogP contribution in [0, 0.1) is 5.92 Å². The predicted octanol–water partition coefficient (Wildman–Crippen LogP) is 1.55. The van der Waals surface area contributed by atoms with Crippen LogP contribution < -0.4 is 5.32 Å². The number of carbonyl (C=O) groups is 2. The zero-order chi connectivity index (χ0) is 12.7. The van der Waals surface area contributed by atoms with Crippen molar-refractivity contribution in [2.24, 2.45) is 5.92 Å². The van der Waals surface area contributed by atoms with E-state index < -0.39 is 0 Å². The number of amides is 2. The van der Waals surface area contributed by atoms with Crippen LogP contribution in [-0.2, 0) is 9.59 Å². The Balaban J connectivity index is 2.14. The summed E-state index contributed by atoms with van der Waals surface area (Å²) < 4.78 is 0. The summed E-state index contributed by atoms with van der Waals surface area (Å²) in [6.45, 7) is 6.15. The molecule has 1 aliphatic heterocycles. The van der Waals surface area contributed by atoms with E-state index in [4.69, 9.17) is 0 Å². The zero-order valence-corrected chi connectivity index (χ0v) is 11.0. The Morgan fingerprint density at radius 1 is 1.29 bits per heavy atom. The number of nitrogens with zero attached hydrogens (tertiary/aromatic N) is 1. The number of rotatable bonds is 5. The van der Waals surface area contributed by atoms with Gasteiger partial charge in [-0.3, -0.25) is 9.59 Å². The van der Waals surface area contributed by atoms with Crippen molar-refractivity contribution >= 4 is 11.8 Å². The molecule has 1 saturated heterocycles. The van der Waals surface area contributed by atoms with Crippen molar-refractivity contribution in [1.29, 1.82) is 0 Å². The largest absolute Gasteiger partial charge is 0.356 e. The first-order chi connectivity index (χ1) is 8.13. The SMILES string of the molecule is CCCCC(=O)NCC1CCN(C(C)=O)CC1. The molecule has 0 aromatic carbocycles. The van der Waals surface area contributed by atoms with Crippen molar-refractivity contribution in [3.63, 3.8) is 0 Å². The quantitative estimate of drug-likeness (QED) is 0.792. The van der Waals surface area contributed by atoms with Crippen molar-refractivity contribution < 1.29 is 9.59 Å². The molecule has 0 saturated carbocycles. The summed E-state index contributed by atoms with van der Waals surface area (Å²) in [4.78, 5) is 24.5. The maximum Gasteiger partial charge on any atom is 0.220 e. The van der Waals surface area contributed by atoms with Crippen LogP contribution in [0.25, 0.3) is 0 Å². The molecule has 0 aliphatic carbocycles. The molecule has 0 spiro atoms. The van der Waals surface area contributed by atoms with Crippen molar-refractivity contribution in [2.75, 3.05) is 19.6 Å². The number of unbranched alkanes of at least 4 members (excludes halogenated alkanes) is 1. The lowest BCUT2D eigenvalue weighted by Crippen LogP contribution is -2.40. The Morgan fingerprint density at radius 3 is 2.47 bits per heavy atom. The minimum absolute atomic E-state index is 0.162. The molecule has 0 aromatic rings. The first kappa shape index (κ1) is 14.0. The summed E-state index contributed by atoms with van der Waals surface area (Å²) >= 11 is 0. The molecule has 1 rings (SSSR count). The van der Waals surface area contributed by atoms with Crippen LogP contribution in [0.1, 0.15) is 46.0 Å². The molecule has 1 fully saturated rings. The zero-order valence-electron chi connectivity index (χ0n) is 11.0. The van der Waals surface area contributed by atoms with Gasteiger partial charge in [-0.25, -0.2) is 0 Å². The maximum atomic E-state index is 11.4. The van der Waals surface area contributed by atoms with Crippen LogP contribution in [0.3, 0.4) is 0 Å². The van der Waals surface area contributed by atoms with E-state index in [1.165, 1.54) is 0 Å². The highest BCUT2D eigenvalue weighted by atomic mass is 16.2. The third-order valence-electron chi connectivity index (χ3n) is 3.41. The molecule has 0 atom stereocenters. The van der Waals surface area contributed by atoms with Crippen LogP contribution in [0.4, 0.5) is 0 Å². The Morgan fingerprint density at radius 2 is 1.94 bits per heavy atom. The summed E-state index contributed by atoms with van der Waals surface area (Å²) in [6, 6.07) is 0. The number of carbonyl (C=O) groups excluding carboxylic acids is 2. The van der Waals surface area contributed by atoms with Gasteiger partial charge in [-0.15, -0.1) is 0 Å². The summed E-state index contributed by atoms with van der Waals surface area (Å²) in [6.07, 6.45) is 4.68. The van der Waals surface area contributed by atoms with Crippen LogP contribution in [-0.4, -0.2) is 36.3 Å². The first-order valence-electron chi connectivity index (χ1n) is 6.65. The average Bonchev–Trinajstić information content (AvgIpc) is 2.34. The van der Waals surface area contributed by atoms with Gasteiger partial charge in [0.1, 0.15) is 0 Å². The van der Waals surface area contributed by atoms with Crippen LogP contribution >= 0.6 is 0 Å². The molecular weight excluding hydrogens is 216 g/mol. The van der Waals surface area contributed by atoms with Crippen LogP contribution in [0.15, 0.2) is 0 Å². The number of hydrogen-bond acceptors (Lipinski definition) is 2. The lowest BCUT2D eigenvalue weighted by molar-refractivity contribution is -0.130. The molecule has 0 aromatic heterocycles. The Labute approximate surface area is 104 Å². The van der Waals surface area contributed by atoms with Gasteiger partial charge in [0.2, 0.25) is 11.8 Å². The molecule has 0 bridgehead atoms. The molecule has 98 valence electrons. The van der Waals surface area contributed by atoms with Crippen molar-refractivity contribution in [3.05, 3.63) is 0 Å². The van der Waals surface area contributed by atoms with E-state index in [9.17, 15) is 9.59 Å². The minimum Gasteiger partial charge on any atom is -0.356 e. The van der Waals surface area contributed by atoms with E-state index in [-0.39, 0.29) is 11.8 Å². The topological polar surface area (TPSA) is 49.4 Å². The molecule has 4 nitrogen and oxygen atoms in total. The lowest BCUT2D eigenvalue weighted by atomic mass is 9.96. The number of hydrogen-bond donors (Lipinski definition) is 1. The minimum atomic E-state index is 0.162.